The Morgan fingerprint density at radius 2 is 2.05 bits per heavy atom. The Labute approximate surface area is 126 Å². The van der Waals surface area contributed by atoms with E-state index in [9.17, 15) is 4.39 Å². The predicted molar refractivity (Wildman–Crippen MR) is 80.1 cm³/mol. The molecule has 1 aromatic heterocycles. The van der Waals surface area contributed by atoms with Crippen molar-refractivity contribution in [1.29, 1.82) is 0 Å². The summed E-state index contributed by atoms with van der Waals surface area (Å²) < 4.78 is 14.8. The highest BCUT2D eigenvalue weighted by Crippen LogP contribution is 2.28. The first-order valence-electron chi connectivity index (χ1n) is 6.36. The predicted octanol–water partition coefficient (Wildman–Crippen LogP) is 3.67. The van der Waals surface area contributed by atoms with Gasteiger partial charge in [-0.25, -0.2) is 14.1 Å². The Kier molecular flexibility index (Phi) is 3.83. The second-order valence-corrected chi connectivity index (χ2v) is 4.87. The van der Waals surface area contributed by atoms with Crippen molar-refractivity contribution < 1.29 is 4.39 Å². The van der Waals surface area contributed by atoms with E-state index < -0.39 is 0 Å². The number of aromatic nitrogens is 3. The molecule has 0 amide bonds. The number of benzene rings is 2. The van der Waals surface area contributed by atoms with Crippen molar-refractivity contribution in [3.05, 3.63) is 71.5 Å². The van der Waals surface area contributed by atoms with Crippen molar-refractivity contribution in [3.63, 3.8) is 0 Å². The molecule has 0 saturated carbocycles. The van der Waals surface area contributed by atoms with Crippen molar-refractivity contribution in [2.45, 2.75) is 6.54 Å². The van der Waals surface area contributed by atoms with E-state index in [0.717, 1.165) is 11.3 Å². The standard InChI is InChI=1S/C15H12ClFN4/c16-13-5-2-6-14(15(13)21-10-18-9-20-21)19-8-11-3-1-4-12(17)7-11/h1-7,9-10,19H,8H2. The molecule has 3 aromatic rings. The molecule has 1 N–H and O–H groups in total. The lowest BCUT2D eigenvalue weighted by Crippen LogP contribution is -2.05. The van der Waals surface area contributed by atoms with Crippen molar-refractivity contribution in [1.82, 2.24) is 14.8 Å². The van der Waals surface area contributed by atoms with Crippen molar-refractivity contribution >= 4 is 17.3 Å². The van der Waals surface area contributed by atoms with E-state index in [-0.39, 0.29) is 5.82 Å². The molecule has 0 bridgehead atoms. The number of nitrogens with zero attached hydrogens (tertiary/aromatic N) is 3. The van der Waals surface area contributed by atoms with Crippen LogP contribution in [0.2, 0.25) is 5.02 Å². The highest BCUT2D eigenvalue weighted by atomic mass is 35.5. The minimum Gasteiger partial charge on any atom is -0.379 e. The van der Waals surface area contributed by atoms with Crippen molar-refractivity contribution in [2.75, 3.05) is 5.32 Å². The molecule has 0 aliphatic carbocycles. The van der Waals surface area contributed by atoms with Crippen LogP contribution in [0.3, 0.4) is 0 Å². The Morgan fingerprint density at radius 1 is 1.19 bits per heavy atom. The molecule has 3 rings (SSSR count). The van der Waals surface area contributed by atoms with Gasteiger partial charge in [0.2, 0.25) is 0 Å². The SMILES string of the molecule is Fc1cccc(CNc2cccc(Cl)c2-n2cncn2)c1. The summed E-state index contributed by atoms with van der Waals surface area (Å²) in [5.74, 6) is -0.253. The maximum absolute atomic E-state index is 13.2. The molecule has 6 heteroatoms. The molecular weight excluding hydrogens is 291 g/mol. The minimum atomic E-state index is -0.253. The molecule has 0 unspecified atom stereocenters. The van der Waals surface area contributed by atoms with Gasteiger partial charge in [0.25, 0.3) is 0 Å². The number of para-hydroxylation sites is 1. The van der Waals surface area contributed by atoms with Crippen LogP contribution in [0.1, 0.15) is 5.56 Å². The third-order valence-electron chi connectivity index (χ3n) is 3.01. The summed E-state index contributed by atoms with van der Waals surface area (Å²) in [6.45, 7) is 0.486. The minimum absolute atomic E-state index is 0.253. The Bertz CT molecular complexity index is 743. The van der Waals surface area contributed by atoms with Gasteiger partial charge < -0.3 is 5.32 Å². The molecule has 21 heavy (non-hydrogen) atoms. The molecule has 0 aliphatic rings. The number of hydrogen-bond acceptors (Lipinski definition) is 3. The molecule has 106 valence electrons. The average Bonchev–Trinajstić information content (AvgIpc) is 2.99. The average molecular weight is 303 g/mol. The van der Waals surface area contributed by atoms with Crippen molar-refractivity contribution in [2.24, 2.45) is 0 Å². The molecule has 2 aromatic carbocycles. The van der Waals surface area contributed by atoms with Crippen LogP contribution in [-0.2, 0) is 6.54 Å². The smallest absolute Gasteiger partial charge is 0.138 e. The van der Waals surface area contributed by atoms with Crippen LogP contribution in [-0.4, -0.2) is 14.8 Å². The number of hydrogen-bond donors (Lipinski definition) is 1. The summed E-state index contributed by atoms with van der Waals surface area (Å²) in [5, 5.41) is 7.90. The van der Waals surface area contributed by atoms with E-state index in [1.54, 1.807) is 23.1 Å². The number of anilines is 1. The van der Waals surface area contributed by atoms with Crippen LogP contribution in [0.5, 0.6) is 0 Å². The summed E-state index contributed by atoms with van der Waals surface area (Å²) in [5.41, 5.74) is 2.37. The Balaban J connectivity index is 1.88. The number of rotatable bonds is 4. The third-order valence-corrected chi connectivity index (χ3v) is 3.31. The molecule has 0 fully saturated rings. The largest absolute Gasteiger partial charge is 0.379 e. The lowest BCUT2D eigenvalue weighted by molar-refractivity contribution is 0.626. The summed E-state index contributed by atoms with van der Waals surface area (Å²) >= 11 is 6.24. The molecule has 0 atom stereocenters. The molecule has 1 heterocycles. The molecule has 0 radical (unpaired) electrons. The van der Waals surface area contributed by atoms with Gasteiger partial charge in [-0.1, -0.05) is 29.8 Å². The maximum Gasteiger partial charge on any atom is 0.138 e. The van der Waals surface area contributed by atoms with Crippen LogP contribution in [0.4, 0.5) is 10.1 Å². The highest BCUT2D eigenvalue weighted by Gasteiger charge is 2.09. The van der Waals surface area contributed by atoms with Crippen LogP contribution in [0.15, 0.2) is 55.1 Å². The molecule has 4 nitrogen and oxygen atoms in total. The van der Waals surface area contributed by atoms with E-state index in [0.29, 0.717) is 17.3 Å². The summed E-state index contributed by atoms with van der Waals surface area (Å²) in [6.07, 6.45) is 3.02. The molecule has 0 aliphatic heterocycles. The van der Waals surface area contributed by atoms with E-state index in [1.807, 2.05) is 18.2 Å². The van der Waals surface area contributed by atoms with Gasteiger partial charge in [0.05, 0.1) is 10.7 Å². The van der Waals surface area contributed by atoms with E-state index >= 15 is 0 Å². The molecule has 0 saturated heterocycles. The Hall–Kier alpha value is -2.40. The van der Waals surface area contributed by atoms with Gasteiger partial charge in [-0.15, -0.1) is 0 Å². The lowest BCUT2D eigenvalue weighted by atomic mass is 10.2. The zero-order chi connectivity index (χ0) is 14.7. The van der Waals surface area contributed by atoms with Crippen LogP contribution < -0.4 is 5.32 Å². The number of nitrogens with one attached hydrogen (secondary N) is 1. The zero-order valence-corrected chi connectivity index (χ0v) is 11.8. The van der Waals surface area contributed by atoms with E-state index in [2.05, 4.69) is 15.4 Å². The van der Waals surface area contributed by atoms with Gasteiger partial charge in [-0.3, -0.25) is 0 Å². The van der Waals surface area contributed by atoms with Gasteiger partial charge in [0.15, 0.2) is 0 Å². The topological polar surface area (TPSA) is 42.7 Å². The lowest BCUT2D eigenvalue weighted by Gasteiger charge is -2.13. The zero-order valence-electron chi connectivity index (χ0n) is 11.0. The summed E-state index contributed by atoms with van der Waals surface area (Å²) in [7, 11) is 0. The van der Waals surface area contributed by atoms with Crippen LogP contribution in [0.25, 0.3) is 5.69 Å². The first kappa shape index (κ1) is 13.6. The van der Waals surface area contributed by atoms with E-state index in [1.165, 1.54) is 18.5 Å². The van der Waals surface area contributed by atoms with Gasteiger partial charge in [0.1, 0.15) is 24.2 Å². The fourth-order valence-electron chi connectivity index (χ4n) is 2.06. The normalized spacial score (nSPS) is 10.6. The molecular formula is C15H12ClFN4. The van der Waals surface area contributed by atoms with Gasteiger partial charge in [-0.05, 0) is 29.8 Å². The first-order chi connectivity index (χ1) is 10.2. The van der Waals surface area contributed by atoms with E-state index in [4.69, 9.17) is 11.6 Å². The maximum atomic E-state index is 13.2. The highest BCUT2D eigenvalue weighted by molar-refractivity contribution is 6.33. The van der Waals surface area contributed by atoms with Gasteiger partial charge >= 0.3 is 0 Å². The second-order valence-electron chi connectivity index (χ2n) is 4.46. The number of halogens is 2. The summed E-state index contributed by atoms with van der Waals surface area (Å²) in [6, 6.07) is 12.0. The first-order valence-corrected chi connectivity index (χ1v) is 6.73. The molecule has 0 spiro atoms. The quantitative estimate of drug-likeness (QED) is 0.799. The second kappa shape index (κ2) is 5.93. The third kappa shape index (κ3) is 3.03. The fourth-order valence-corrected chi connectivity index (χ4v) is 2.32. The van der Waals surface area contributed by atoms with Gasteiger partial charge in [-0.2, -0.15) is 5.10 Å². The fraction of sp³-hybridized carbons (Fsp3) is 0.0667. The van der Waals surface area contributed by atoms with Crippen molar-refractivity contribution in [3.8, 4) is 5.69 Å². The Morgan fingerprint density at radius 3 is 2.81 bits per heavy atom. The van der Waals surface area contributed by atoms with Gasteiger partial charge in [0, 0.05) is 6.54 Å². The summed E-state index contributed by atoms with van der Waals surface area (Å²) in [4.78, 5) is 3.93. The van der Waals surface area contributed by atoms with Crippen LogP contribution in [0, 0.1) is 5.82 Å². The van der Waals surface area contributed by atoms with Crippen LogP contribution >= 0.6 is 11.6 Å². The monoisotopic (exact) mass is 302 g/mol.